The molecule has 0 spiro atoms. The monoisotopic (exact) mass is 307 g/mol. The number of aromatic nitrogens is 2. The van der Waals surface area contributed by atoms with Crippen molar-refractivity contribution < 1.29 is 4.79 Å². The molecular formula is C19H21N3O. The normalized spacial score (nSPS) is 11.1. The molecule has 0 saturated carbocycles. The molecule has 4 heteroatoms. The fraction of sp³-hybridized carbons (Fsp3) is 0.263. The smallest absolute Gasteiger partial charge is 0.240 e. The van der Waals surface area contributed by atoms with Gasteiger partial charge < -0.3 is 9.88 Å². The van der Waals surface area contributed by atoms with Gasteiger partial charge in [-0.05, 0) is 39.0 Å². The van der Waals surface area contributed by atoms with E-state index in [0.29, 0.717) is 0 Å². The molecule has 1 N–H and O–H groups in total. The molecule has 0 bridgehead atoms. The first-order valence-electron chi connectivity index (χ1n) is 7.86. The highest BCUT2D eigenvalue weighted by atomic mass is 16.2. The number of rotatable bonds is 4. The molecular weight excluding hydrogens is 286 g/mol. The molecule has 0 atom stereocenters. The van der Waals surface area contributed by atoms with Gasteiger partial charge in [0.1, 0.15) is 12.4 Å². The zero-order valence-corrected chi connectivity index (χ0v) is 13.7. The van der Waals surface area contributed by atoms with E-state index in [1.54, 1.807) is 0 Å². The highest BCUT2D eigenvalue weighted by Crippen LogP contribution is 2.25. The number of hydrogen-bond donors (Lipinski definition) is 1. The molecule has 1 heterocycles. The zero-order chi connectivity index (χ0) is 16.4. The number of nitrogens with one attached hydrogen (secondary N) is 1. The van der Waals surface area contributed by atoms with E-state index in [1.165, 1.54) is 5.56 Å². The van der Waals surface area contributed by atoms with Crippen LogP contribution in [0.5, 0.6) is 0 Å². The molecule has 4 nitrogen and oxygen atoms in total. The third kappa shape index (κ3) is 3.26. The predicted molar refractivity (Wildman–Crippen MR) is 93.2 cm³/mol. The molecule has 0 unspecified atom stereocenters. The third-order valence-corrected chi connectivity index (χ3v) is 3.68. The Kier molecular flexibility index (Phi) is 4.15. The Balaban J connectivity index is 2.10. The van der Waals surface area contributed by atoms with Crippen LogP contribution in [0.25, 0.3) is 22.4 Å². The van der Waals surface area contributed by atoms with E-state index < -0.39 is 0 Å². The maximum absolute atomic E-state index is 12.3. The number of hydrogen-bond acceptors (Lipinski definition) is 2. The first-order valence-corrected chi connectivity index (χ1v) is 7.86. The van der Waals surface area contributed by atoms with Crippen molar-refractivity contribution in [1.82, 2.24) is 14.9 Å². The van der Waals surface area contributed by atoms with E-state index in [4.69, 9.17) is 4.98 Å². The van der Waals surface area contributed by atoms with Gasteiger partial charge in [0, 0.05) is 11.6 Å². The number of benzene rings is 2. The van der Waals surface area contributed by atoms with Gasteiger partial charge in [-0.3, -0.25) is 4.79 Å². The second-order valence-electron chi connectivity index (χ2n) is 6.10. The van der Waals surface area contributed by atoms with Crippen molar-refractivity contribution in [3.63, 3.8) is 0 Å². The number of aryl methyl sites for hydroxylation is 1. The summed E-state index contributed by atoms with van der Waals surface area (Å²) in [5, 5.41) is 2.95. The third-order valence-electron chi connectivity index (χ3n) is 3.68. The molecule has 0 aliphatic carbocycles. The quantitative estimate of drug-likeness (QED) is 0.801. The first-order chi connectivity index (χ1) is 11.0. The Bertz CT molecular complexity index is 849. The van der Waals surface area contributed by atoms with Crippen LogP contribution in [0.2, 0.25) is 0 Å². The number of imidazole rings is 1. The van der Waals surface area contributed by atoms with Crippen LogP contribution in [0.3, 0.4) is 0 Å². The lowest BCUT2D eigenvalue weighted by molar-refractivity contribution is -0.122. The summed E-state index contributed by atoms with van der Waals surface area (Å²) >= 11 is 0. The zero-order valence-electron chi connectivity index (χ0n) is 13.7. The SMILES string of the molecule is Cc1cccc(-c2nc3ccccc3n2CC(=O)NC(C)C)c1. The molecule has 0 fully saturated rings. The van der Waals surface area contributed by atoms with E-state index in [-0.39, 0.29) is 18.5 Å². The largest absolute Gasteiger partial charge is 0.352 e. The summed E-state index contributed by atoms with van der Waals surface area (Å²) in [5.74, 6) is 0.825. The van der Waals surface area contributed by atoms with Gasteiger partial charge in [-0.1, -0.05) is 35.9 Å². The number of carbonyl (C=O) groups excluding carboxylic acids is 1. The van der Waals surface area contributed by atoms with E-state index in [2.05, 4.69) is 24.4 Å². The molecule has 3 aromatic rings. The number of fused-ring (bicyclic) bond motifs is 1. The van der Waals surface area contributed by atoms with Crippen molar-refractivity contribution in [2.24, 2.45) is 0 Å². The van der Waals surface area contributed by atoms with Gasteiger partial charge in [-0.2, -0.15) is 0 Å². The van der Waals surface area contributed by atoms with Crippen molar-refractivity contribution in [3.05, 3.63) is 54.1 Å². The standard InChI is InChI=1S/C19H21N3O/c1-13(2)20-18(23)12-22-17-10-5-4-9-16(17)21-19(22)15-8-6-7-14(3)11-15/h4-11,13H,12H2,1-3H3,(H,20,23). The predicted octanol–water partition coefficient (Wildman–Crippen LogP) is 3.54. The average molecular weight is 307 g/mol. The highest BCUT2D eigenvalue weighted by molar-refractivity contribution is 5.84. The minimum atomic E-state index is -0.00273. The molecule has 0 radical (unpaired) electrons. The minimum Gasteiger partial charge on any atom is -0.352 e. The average Bonchev–Trinajstić information content (AvgIpc) is 2.85. The lowest BCUT2D eigenvalue weighted by Crippen LogP contribution is -2.33. The Morgan fingerprint density at radius 3 is 2.70 bits per heavy atom. The summed E-state index contributed by atoms with van der Waals surface area (Å²) in [6.45, 7) is 6.25. The fourth-order valence-corrected chi connectivity index (χ4v) is 2.75. The van der Waals surface area contributed by atoms with Crippen LogP contribution >= 0.6 is 0 Å². The van der Waals surface area contributed by atoms with Gasteiger partial charge in [0.15, 0.2) is 0 Å². The molecule has 118 valence electrons. The summed E-state index contributed by atoms with van der Waals surface area (Å²) < 4.78 is 1.99. The number of carbonyl (C=O) groups is 1. The number of amides is 1. The van der Waals surface area contributed by atoms with Gasteiger partial charge in [0.05, 0.1) is 11.0 Å². The van der Waals surface area contributed by atoms with Crippen LogP contribution in [-0.4, -0.2) is 21.5 Å². The van der Waals surface area contributed by atoms with Crippen LogP contribution in [-0.2, 0) is 11.3 Å². The van der Waals surface area contributed by atoms with E-state index in [9.17, 15) is 4.79 Å². The molecule has 3 rings (SSSR count). The fourth-order valence-electron chi connectivity index (χ4n) is 2.75. The molecule has 1 amide bonds. The summed E-state index contributed by atoms with van der Waals surface area (Å²) in [5.41, 5.74) is 4.08. The summed E-state index contributed by atoms with van der Waals surface area (Å²) in [4.78, 5) is 17.0. The lowest BCUT2D eigenvalue weighted by Gasteiger charge is -2.12. The summed E-state index contributed by atoms with van der Waals surface area (Å²) in [6, 6.07) is 16.2. The van der Waals surface area contributed by atoms with Crippen molar-refractivity contribution in [2.75, 3.05) is 0 Å². The Hall–Kier alpha value is -2.62. The van der Waals surface area contributed by atoms with Crippen molar-refractivity contribution in [2.45, 2.75) is 33.4 Å². The Morgan fingerprint density at radius 1 is 1.17 bits per heavy atom. The highest BCUT2D eigenvalue weighted by Gasteiger charge is 2.15. The van der Waals surface area contributed by atoms with Gasteiger partial charge in [-0.25, -0.2) is 4.98 Å². The van der Waals surface area contributed by atoms with Gasteiger partial charge >= 0.3 is 0 Å². The number of para-hydroxylation sites is 2. The van der Waals surface area contributed by atoms with Gasteiger partial charge in [0.2, 0.25) is 5.91 Å². The van der Waals surface area contributed by atoms with Crippen LogP contribution in [0.15, 0.2) is 48.5 Å². The molecule has 23 heavy (non-hydrogen) atoms. The second kappa shape index (κ2) is 6.24. The molecule has 2 aromatic carbocycles. The lowest BCUT2D eigenvalue weighted by atomic mass is 10.1. The van der Waals surface area contributed by atoms with Crippen LogP contribution < -0.4 is 5.32 Å². The van der Waals surface area contributed by atoms with E-state index in [1.807, 2.05) is 54.8 Å². The van der Waals surface area contributed by atoms with Crippen molar-refractivity contribution in [3.8, 4) is 11.4 Å². The first kappa shape index (κ1) is 15.3. The van der Waals surface area contributed by atoms with Crippen LogP contribution in [0.4, 0.5) is 0 Å². The maximum Gasteiger partial charge on any atom is 0.240 e. The number of nitrogens with zero attached hydrogens (tertiary/aromatic N) is 2. The molecule has 1 aromatic heterocycles. The van der Waals surface area contributed by atoms with Crippen LogP contribution in [0.1, 0.15) is 19.4 Å². The second-order valence-corrected chi connectivity index (χ2v) is 6.10. The van der Waals surface area contributed by atoms with Crippen LogP contribution in [0, 0.1) is 6.92 Å². The Morgan fingerprint density at radius 2 is 1.96 bits per heavy atom. The Labute approximate surface area is 136 Å². The maximum atomic E-state index is 12.3. The summed E-state index contributed by atoms with van der Waals surface area (Å²) in [7, 11) is 0. The van der Waals surface area contributed by atoms with Gasteiger partial charge in [0.25, 0.3) is 0 Å². The van der Waals surface area contributed by atoms with E-state index >= 15 is 0 Å². The topological polar surface area (TPSA) is 46.9 Å². The summed E-state index contributed by atoms with van der Waals surface area (Å²) in [6.07, 6.45) is 0. The minimum absolute atomic E-state index is 0.00273. The van der Waals surface area contributed by atoms with Crippen molar-refractivity contribution in [1.29, 1.82) is 0 Å². The van der Waals surface area contributed by atoms with E-state index in [0.717, 1.165) is 22.4 Å². The molecule has 0 aliphatic heterocycles. The molecule has 0 saturated heterocycles. The van der Waals surface area contributed by atoms with Crippen molar-refractivity contribution >= 4 is 16.9 Å². The van der Waals surface area contributed by atoms with Gasteiger partial charge in [-0.15, -0.1) is 0 Å². The molecule has 0 aliphatic rings.